The van der Waals surface area contributed by atoms with Crippen LogP contribution in [-0.2, 0) is 4.79 Å². The number of amides is 3. The number of nitrogens with one attached hydrogen (secondary N) is 1. The van der Waals surface area contributed by atoms with Gasteiger partial charge in [-0.2, -0.15) is 0 Å². The Labute approximate surface area is 151 Å². The molecule has 0 aliphatic carbocycles. The number of halogens is 1. The van der Waals surface area contributed by atoms with Gasteiger partial charge in [-0.25, -0.2) is 4.79 Å². The Morgan fingerprint density at radius 2 is 2.04 bits per heavy atom. The molecule has 132 valence electrons. The second-order valence-corrected chi connectivity index (χ2v) is 7.25. The van der Waals surface area contributed by atoms with Gasteiger partial charge in [0.1, 0.15) is 17.9 Å². The zero-order valence-electron chi connectivity index (χ0n) is 14.3. The van der Waals surface area contributed by atoms with E-state index >= 15 is 0 Å². The number of benzene rings is 1. The molecule has 1 N–H and O–H groups in total. The van der Waals surface area contributed by atoms with Gasteiger partial charge in [-0.1, -0.05) is 54.6 Å². The Kier molecular flexibility index (Phi) is 6.66. The third-order valence-corrected chi connectivity index (χ3v) is 4.75. The van der Waals surface area contributed by atoms with Crippen LogP contribution in [0.3, 0.4) is 0 Å². The van der Waals surface area contributed by atoms with E-state index in [2.05, 4.69) is 28.2 Å². The number of carbonyl (C=O) groups is 2. The molecule has 1 aliphatic rings. The van der Waals surface area contributed by atoms with Crippen LogP contribution in [0.15, 0.2) is 28.7 Å². The van der Waals surface area contributed by atoms with Crippen molar-refractivity contribution in [1.29, 1.82) is 0 Å². The molecule has 1 saturated heterocycles. The Balaban J connectivity index is 1.84. The van der Waals surface area contributed by atoms with Crippen molar-refractivity contribution in [3.05, 3.63) is 28.7 Å². The van der Waals surface area contributed by atoms with Crippen molar-refractivity contribution in [1.82, 2.24) is 10.2 Å². The lowest BCUT2D eigenvalue weighted by molar-refractivity contribution is -0.131. The molecular weight excluding hydrogens is 372 g/mol. The number of imide groups is 1. The SMILES string of the molecule is CCCCCCC1(C)NC(=O)N(CCOc2cccc(Br)c2)C1=O. The highest BCUT2D eigenvalue weighted by Gasteiger charge is 2.46. The predicted molar refractivity (Wildman–Crippen MR) is 97.0 cm³/mol. The summed E-state index contributed by atoms with van der Waals surface area (Å²) in [6.07, 6.45) is 5.01. The number of hydrogen-bond acceptors (Lipinski definition) is 3. The van der Waals surface area contributed by atoms with Crippen LogP contribution in [-0.4, -0.2) is 35.5 Å². The van der Waals surface area contributed by atoms with Crippen molar-refractivity contribution in [3.8, 4) is 5.75 Å². The van der Waals surface area contributed by atoms with Gasteiger partial charge in [0.15, 0.2) is 0 Å². The van der Waals surface area contributed by atoms with E-state index in [1.165, 1.54) is 4.90 Å². The second-order valence-electron chi connectivity index (χ2n) is 6.34. The number of unbranched alkanes of at least 4 members (excludes halogenated alkanes) is 3. The van der Waals surface area contributed by atoms with E-state index < -0.39 is 5.54 Å². The molecule has 1 unspecified atom stereocenters. The van der Waals surface area contributed by atoms with Crippen LogP contribution in [0.25, 0.3) is 0 Å². The molecule has 1 aromatic carbocycles. The van der Waals surface area contributed by atoms with Crippen LogP contribution in [0.5, 0.6) is 5.75 Å². The minimum absolute atomic E-state index is 0.151. The minimum atomic E-state index is -0.777. The zero-order chi connectivity index (χ0) is 17.6. The van der Waals surface area contributed by atoms with Gasteiger partial charge < -0.3 is 10.1 Å². The summed E-state index contributed by atoms with van der Waals surface area (Å²) in [6.45, 7) is 4.49. The Morgan fingerprint density at radius 3 is 2.75 bits per heavy atom. The maximum atomic E-state index is 12.6. The summed E-state index contributed by atoms with van der Waals surface area (Å²) in [5, 5.41) is 2.84. The van der Waals surface area contributed by atoms with E-state index in [1.807, 2.05) is 31.2 Å². The van der Waals surface area contributed by atoms with Crippen LogP contribution in [0, 0.1) is 0 Å². The smallest absolute Gasteiger partial charge is 0.325 e. The molecule has 1 aliphatic heterocycles. The summed E-state index contributed by atoms with van der Waals surface area (Å²) >= 11 is 3.38. The topological polar surface area (TPSA) is 58.6 Å². The van der Waals surface area contributed by atoms with Crippen molar-refractivity contribution in [3.63, 3.8) is 0 Å². The number of ether oxygens (including phenoxy) is 1. The van der Waals surface area contributed by atoms with E-state index in [-0.39, 0.29) is 25.1 Å². The second kappa shape index (κ2) is 8.51. The fourth-order valence-corrected chi connectivity index (χ4v) is 3.21. The molecule has 6 heteroatoms. The van der Waals surface area contributed by atoms with E-state index in [0.717, 1.165) is 30.2 Å². The third kappa shape index (κ3) is 4.72. The highest BCUT2D eigenvalue weighted by atomic mass is 79.9. The first-order valence-corrected chi connectivity index (χ1v) is 9.28. The first-order chi connectivity index (χ1) is 11.5. The van der Waals surface area contributed by atoms with Gasteiger partial charge >= 0.3 is 6.03 Å². The summed E-state index contributed by atoms with van der Waals surface area (Å²) in [6, 6.07) is 7.16. The van der Waals surface area contributed by atoms with Gasteiger partial charge in [-0.3, -0.25) is 9.69 Å². The maximum Gasteiger partial charge on any atom is 0.325 e. The third-order valence-electron chi connectivity index (χ3n) is 4.26. The molecule has 5 nitrogen and oxygen atoms in total. The lowest BCUT2D eigenvalue weighted by Gasteiger charge is -2.21. The standard InChI is InChI=1S/C18H25BrN2O3/c1-3-4-5-6-10-18(2)16(22)21(17(23)20-18)11-12-24-15-9-7-8-14(19)13-15/h7-9,13H,3-6,10-12H2,1-2H3,(H,20,23). The van der Waals surface area contributed by atoms with Crippen LogP contribution < -0.4 is 10.1 Å². The van der Waals surface area contributed by atoms with Gasteiger partial charge in [0.2, 0.25) is 0 Å². The lowest BCUT2D eigenvalue weighted by Crippen LogP contribution is -2.44. The van der Waals surface area contributed by atoms with Gasteiger partial charge in [0.05, 0.1) is 6.54 Å². The van der Waals surface area contributed by atoms with Gasteiger partial charge in [-0.05, 0) is 31.5 Å². The van der Waals surface area contributed by atoms with Crippen LogP contribution >= 0.6 is 15.9 Å². The van der Waals surface area contributed by atoms with E-state index in [4.69, 9.17) is 4.74 Å². The van der Waals surface area contributed by atoms with Crippen molar-refractivity contribution in [2.45, 2.75) is 51.5 Å². The summed E-state index contributed by atoms with van der Waals surface area (Å²) < 4.78 is 6.55. The van der Waals surface area contributed by atoms with Crippen LogP contribution in [0.4, 0.5) is 4.79 Å². The van der Waals surface area contributed by atoms with Gasteiger partial charge in [0.25, 0.3) is 5.91 Å². The Morgan fingerprint density at radius 1 is 1.25 bits per heavy atom. The number of carbonyl (C=O) groups excluding carboxylic acids is 2. The molecule has 2 rings (SSSR count). The molecule has 3 amide bonds. The Bertz CT molecular complexity index is 593. The van der Waals surface area contributed by atoms with E-state index in [9.17, 15) is 9.59 Å². The molecule has 0 radical (unpaired) electrons. The highest BCUT2D eigenvalue weighted by Crippen LogP contribution is 2.24. The molecule has 1 aromatic rings. The molecule has 0 aromatic heterocycles. The maximum absolute atomic E-state index is 12.6. The molecule has 0 spiro atoms. The van der Waals surface area contributed by atoms with Crippen molar-refractivity contribution >= 4 is 27.9 Å². The molecule has 1 heterocycles. The molecular formula is C18H25BrN2O3. The van der Waals surface area contributed by atoms with Crippen molar-refractivity contribution in [2.75, 3.05) is 13.2 Å². The monoisotopic (exact) mass is 396 g/mol. The normalized spacial score (nSPS) is 20.4. The number of hydrogen-bond donors (Lipinski definition) is 1. The summed E-state index contributed by atoms with van der Waals surface area (Å²) in [4.78, 5) is 26.0. The summed E-state index contributed by atoms with van der Waals surface area (Å²) in [7, 11) is 0. The van der Waals surface area contributed by atoms with E-state index in [1.54, 1.807) is 0 Å². The molecule has 24 heavy (non-hydrogen) atoms. The molecule has 0 saturated carbocycles. The van der Waals surface area contributed by atoms with Crippen LogP contribution in [0.1, 0.15) is 46.0 Å². The molecule has 1 atom stereocenters. The molecule has 1 fully saturated rings. The van der Waals surface area contributed by atoms with Crippen molar-refractivity contribution in [2.24, 2.45) is 0 Å². The highest BCUT2D eigenvalue weighted by molar-refractivity contribution is 9.10. The summed E-state index contributed by atoms with van der Waals surface area (Å²) in [5.74, 6) is 0.556. The largest absolute Gasteiger partial charge is 0.492 e. The number of nitrogens with zero attached hydrogens (tertiary/aromatic N) is 1. The van der Waals surface area contributed by atoms with E-state index in [0.29, 0.717) is 12.2 Å². The minimum Gasteiger partial charge on any atom is -0.492 e. The number of urea groups is 1. The number of rotatable bonds is 9. The average molecular weight is 397 g/mol. The average Bonchev–Trinajstić information content (AvgIpc) is 2.75. The molecule has 0 bridgehead atoms. The fraction of sp³-hybridized carbons (Fsp3) is 0.556. The zero-order valence-corrected chi connectivity index (χ0v) is 15.9. The van der Waals surface area contributed by atoms with Crippen molar-refractivity contribution < 1.29 is 14.3 Å². The lowest BCUT2D eigenvalue weighted by atomic mass is 9.94. The fourth-order valence-electron chi connectivity index (χ4n) is 2.84. The van der Waals surface area contributed by atoms with Gasteiger partial charge in [-0.15, -0.1) is 0 Å². The summed E-state index contributed by atoms with van der Waals surface area (Å²) in [5.41, 5.74) is -0.777. The van der Waals surface area contributed by atoms with Gasteiger partial charge in [0, 0.05) is 4.47 Å². The van der Waals surface area contributed by atoms with Crippen LogP contribution in [0.2, 0.25) is 0 Å². The predicted octanol–water partition coefficient (Wildman–Crippen LogP) is 4.11. The quantitative estimate of drug-likeness (QED) is 0.504. The first-order valence-electron chi connectivity index (χ1n) is 8.49. The Hall–Kier alpha value is -1.56. The first kappa shape index (κ1) is 18.8.